The number of esters is 1. The molecule has 0 aliphatic heterocycles. The second-order valence-electron chi connectivity index (χ2n) is 14.5. The first-order chi connectivity index (χ1) is 16.5. The fraction of sp³-hybridized carbons (Fsp3) is 0.900. The minimum absolute atomic E-state index is 0.163. The molecule has 0 saturated heterocycles. The Bertz CT molecular complexity index is 892. The van der Waals surface area contributed by atoms with E-state index >= 15 is 0 Å². The van der Waals surface area contributed by atoms with E-state index in [0.29, 0.717) is 24.4 Å². The van der Waals surface area contributed by atoms with Gasteiger partial charge in [0.05, 0.1) is 18.6 Å². The molecule has 9 atom stereocenters. The van der Waals surface area contributed by atoms with Gasteiger partial charge >= 0.3 is 5.97 Å². The van der Waals surface area contributed by atoms with Gasteiger partial charge in [-0.2, -0.15) is 0 Å². The Kier molecular flexibility index (Phi) is 7.24. The standard InChI is InChI=1S/C30H52O5Si/c1-10-34-26(32)19(2)30(33)25(31)18-24-22-12-11-20-17-21(35-36(8,9)27(3,4)5)13-15-28(20,6)23(22)14-16-29(24,30)7/h11,19,21-25,31,33H,10,12-18H2,1-9H3/t19-,21-,22+,23-,24-,25+,28-,29-,30+/m0/s1. The zero-order chi connectivity index (χ0) is 26.9. The Morgan fingerprint density at radius 2 is 1.86 bits per heavy atom. The summed E-state index contributed by atoms with van der Waals surface area (Å²) in [6, 6.07) is 0. The van der Waals surface area contributed by atoms with Crippen molar-refractivity contribution in [2.45, 2.75) is 129 Å². The smallest absolute Gasteiger partial charge is 0.311 e. The van der Waals surface area contributed by atoms with Gasteiger partial charge in [-0.3, -0.25) is 4.79 Å². The molecule has 0 aromatic carbocycles. The number of aliphatic hydroxyl groups is 2. The van der Waals surface area contributed by atoms with Crippen molar-refractivity contribution in [3.63, 3.8) is 0 Å². The van der Waals surface area contributed by atoms with Crippen LogP contribution in [0.2, 0.25) is 18.1 Å². The van der Waals surface area contributed by atoms with E-state index in [1.807, 2.05) is 0 Å². The predicted molar refractivity (Wildman–Crippen MR) is 146 cm³/mol. The molecule has 0 spiro atoms. The number of hydrogen-bond acceptors (Lipinski definition) is 5. The maximum absolute atomic E-state index is 12.7. The Morgan fingerprint density at radius 3 is 2.47 bits per heavy atom. The van der Waals surface area contributed by atoms with Crippen LogP contribution >= 0.6 is 0 Å². The van der Waals surface area contributed by atoms with Crippen LogP contribution in [0.1, 0.15) is 93.4 Å². The molecule has 4 rings (SSSR count). The number of allylic oxidation sites excluding steroid dienone is 1. The highest BCUT2D eigenvalue weighted by molar-refractivity contribution is 6.74. The van der Waals surface area contributed by atoms with Crippen molar-refractivity contribution in [3.8, 4) is 0 Å². The number of ether oxygens (including phenoxy) is 1. The van der Waals surface area contributed by atoms with E-state index in [0.717, 1.165) is 38.5 Å². The maximum Gasteiger partial charge on any atom is 0.311 e. The van der Waals surface area contributed by atoms with Crippen molar-refractivity contribution in [1.82, 2.24) is 0 Å². The lowest BCUT2D eigenvalue weighted by Crippen LogP contribution is -2.60. The van der Waals surface area contributed by atoms with E-state index in [1.54, 1.807) is 19.4 Å². The van der Waals surface area contributed by atoms with Gasteiger partial charge in [-0.1, -0.05) is 46.3 Å². The van der Waals surface area contributed by atoms with Crippen LogP contribution in [0.25, 0.3) is 0 Å². The summed E-state index contributed by atoms with van der Waals surface area (Å²) in [5, 5.41) is 23.5. The topological polar surface area (TPSA) is 76.0 Å². The van der Waals surface area contributed by atoms with Crippen LogP contribution in [-0.2, 0) is 14.0 Å². The summed E-state index contributed by atoms with van der Waals surface area (Å²) in [5.74, 6) is 0.0299. The Balaban J connectivity index is 1.57. The number of aliphatic hydroxyl groups excluding tert-OH is 1. The van der Waals surface area contributed by atoms with E-state index in [4.69, 9.17) is 9.16 Å². The SMILES string of the molecule is CCOC(=O)[C@H](C)[C@@]1(O)[C@H](O)C[C@H]2[C@@H]3CC=C4C[C@@H](O[Si](C)(C)C(C)(C)C)CC[C@]4(C)[C@H]3CC[C@@]21C. The molecule has 0 unspecified atom stereocenters. The number of rotatable bonds is 5. The van der Waals surface area contributed by atoms with E-state index in [9.17, 15) is 15.0 Å². The normalized spacial score (nSPS) is 43.6. The first kappa shape index (κ1) is 28.3. The van der Waals surface area contributed by atoms with Crippen LogP contribution < -0.4 is 0 Å². The minimum atomic E-state index is -1.81. The average Bonchev–Trinajstić information content (AvgIpc) is 2.99. The molecular weight excluding hydrogens is 468 g/mol. The van der Waals surface area contributed by atoms with Crippen LogP contribution in [0.5, 0.6) is 0 Å². The molecule has 36 heavy (non-hydrogen) atoms. The van der Waals surface area contributed by atoms with Crippen molar-refractivity contribution in [1.29, 1.82) is 0 Å². The fourth-order valence-electron chi connectivity index (χ4n) is 8.60. The van der Waals surface area contributed by atoms with Gasteiger partial charge < -0.3 is 19.4 Å². The molecule has 4 aliphatic rings. The molecule has 0 amide bonds. The van der Waals surface area contributed by atoms with Crippen LogP contribution in [0, 0.1) is 34.5 Å². The summed E-state index contributed by atoms with van der Waals surface area (Å²) in [7, 11) is -1.81. The molecule has 206 valence electrons. The first-order valence-corrected chi connectivity index (χ1v) is 17.4. The van der Waals surface area contributed by atoms with Crippen LogP contribution in [0.15, 0.2) is 11.6 Å². The van der Waals surface area contributed by atoms with Gasteiger partial charge in [0, 0.05) is 11.5 Å². The van der Waals surface area contributed by atoms with Gasteiger partial charge in [-0.15, -0.1) is 0 Å². The van der Waals surface area contributed by atoms with E-state index in [1.165, 1.54) is 0 Å². The van der Waals surface area contributed by atoms with Gasteiger partial charge in [0.2, 0.25) is 0 Å². The number of hydrogen-bond donors (Lipinski definition) is 2. The number of carbonyl (C=O) groups is 1. The molecule has 0 heterocycles. The average molecular weight is 521 g/mol. The third-order valence-electron chi connectivity index (χ3n) is 11.9. The summed E-state index contributed by atoms with van der Waals surface area (Å²) in [5.41, 5.74) is -0.204. The summed E-state index contributed by atoms with van der Waals surface area (Å²) in [6.45, 7) is 20.1. The van der Waals surface area contributed by atoms with Gasteiger partial charge in [-0.05, 0) is 100 Å². The van der Waals surface area contributed by atoms with Gasteiger partial charge in [0.15, 0.2) is 8.32 Å². The summed E-state index contributed by atoms with van der Waals surface area (Å²) >= 11 is 0. The third-order valence-corrected chi connectivity index (χ3v) is 16.5. The van der Waals surface area contributed by atoms with E-state index in [2.05, 4.69) is 53.8 Å². The lowest BCUT2D eigenvalue weighted by Gasteiger charge is -2.59. The Hall–Kier alpha value is -0.693. The van der Waals surface area contributed by atoms with Gasteiger partial charge in [0.1, 0.15) is 5.60 Å². The van der Waals surface area contributed by atoms with Crippen LogP contribution in [0.4, 0.5) is 0 Å². The lowest BCUT2D eigenvalue weighted by atomic mass is 9.46. The van der Waals surface area contributed by atoms with E-state index in [-0.39, 0.29) is 23.0 Å². The second-order valence-corrected chi connectivity index (χ2v) is 19.3. The first-order valence-electron chi connectivity index (χ1n) is 14.5. The molecule has 0 radical (unpaired) electrons. The minimum Gasteiger partial charge on any atom is -0.466 e. The highest BCUT2D eigenvalue weighted by Crippen LogP contribution is 2.68. The van der Waals surface area contributed by atoms with Crippen molar-refractivity contribution in [2.75, 3.05) is 6.61 Å². The van der Waals surface area contributed by atoms with Crippen LogP contribution in [-0.4, -0.2) is 48.9 Å². The highest BCUT2D eigenvalue weighted by atomic mass is 28.4. The number of carbonyl (C=O) groups excluding carboxylic acids is 1. The lowest BCUT2D eigenvalue weighted by molar-refractivity contribution is -0.196. The molecular formula is C30H52O5Si. The molecule has 4 aliphatic carbocycles. The van der Waals surface area contributed by atoms with Crippen LogP contribution in [0.3, 0.4) is 0 Å². The van der Waals surface area contributed by atoms with Crippen molar-refractivity contribution < 1.29 is 24.2 Å². The van der Waals surface area contributed by atoms with Crippen molar-refractivity contribution in [2.24, 2.45) is 34.5 Å². The summed E-state index contributed by atoms with van der Waals surface area (Å²) < 4.78 is 12.1. The van der Waals surface area contributed by atoms with Gasteiger partial charge in [-0.25, -0.2) is 0 Å². The molecule has 5 nitrogen and oxygen atoms in total. The molecule has 2 N–H and O–H groups in total. The van der Waals surface area contributed by atoms with Crippen molar-refractivity contribution >= 4 is 14.3 Å². The molecule has 6 heteroatoms. The largest absolute Gasteiger partial charge is 0.466 e. The monoisotopic (exact) mass is 520 g/mol. The van der Waals surface area contributed by atoms with E-state index < -0.39 is 37.3 Å². The molecule has 0 bridgehead atoms. The maximum atomic E-state index is 12.7. The third kappa shape index (κ3) is 4.08. The van der Waals surface area contributed by atoms with Crippen molar-refractivity contribution in [3.05, 3.63) is 11.6 Å². The summed E-state index contributed by atoms with van der Waals surface area (Å²) in [4.78, 5) is 12.7. The van der Waals surface area contributed by atoms with Gasteiger partial charge in [0.25, 0.3) is 0 Å². The highest BCUT2D eigenvalue weighted by Gasteiger charge is 2.69. The zero-order valence-electron chi connectivity index (χ0n) is 24.3. The Labute approximate surface area is 220 Å². The molecule has 0 aromatic rings. The molecule has 0 aromatic heterocycles. The zero-order valence-corrected chi connectivity index (χ0v) is 25.3. The molecule has 3 fully saturated rings. The summed E-state index contributed by atoms with van der Waals surface area (Å²) in [6.07, 6.45) is 8.64. The Morgan fingerprint density at radius 1 is 1.19 bits per heavy atom. The fourth-order valence-corrected chi connectivity index (χ4v) is 9.99. The second kappa shape index (κ2) is 9.20. The molecule has 3 saturated carbocycles. The number of fused-ring (bicyclic) bond motifs is 5. The quantitative estimate of drug-likeness (QED) is 0.255. The predicted octanol–water partition coefficient (Wildman–Crippen LogP) is 6.24.